The lowest BCUT2D eigenvalue weighted by atomic mass is 10.1. The van der Waals surface area contributed by atoms with Crippen LogP contribution in [0.4, 0.5) is 10.1 Å². The number of nitrogens with one attached hydrogen (secondary N) is 2. The molecule has 1 aliphatic rings. The Balaban J connectivity index is 1.73. The van der Waals surface area contributed by atoms with Crippen molar-refractivity contribution in [1.82, 2.24) is 20.1 Å². The first-order valence-corrected chi connectivity index (χ1v) is 8.10. The fraction of sp³-hybridized carbons (Fsp3) is 0.412. The Morgan fingerprint density at radius 2 is 2.08 bits per heavy atom. The minimum atomic E-state index is -0.544. The molecule has 132 valence electrons. The van der Waals surface area contributed by atoms with E-state index < -0.39 is 11.7 Å². The standard InChI is InChI=1S/C17H20FN5O2/c1-9-6-12(9)17(25)20-14-5-4-11(18)7-13(14)16(24)19-8-15-22-21-10(2)23(15)3/h4-5,7,9,12H,6,8H2,1-3H3,(H,19,24)(H,20,25)/t9-,12-/m1/s1. The number of benzene rings is 1. The highest BCUT2D eigenvalue weighted by Crippen LogP contribution is 2.38. The van der Waals surface area contributed by atoms with Crippen LogP contribution in [-0.2, 0) is 18.4 Å². The zero-order valence-corrected chi connectivity index (χ0v) is 14.3. The van der Waals surface area contributed by atoms with Gasteiger partial charge >= 0.3 is 0 Å². The summed E-state index contributed by atoms with van der Waals surface area (Å²) in [7, 11) is 1.79. The smallest absolute Gasteiger partial charge is 0.253 e. The molecule has 0 radical (unpaired) electrons. The number of aromatic nitrogens is 3. The van der Waals surface area contributed by atoms with Gasteiger partial charge in [-0.05, 0) is 37.5 Å². The van der Waals surface area contributed by atoms with Crippen molar-refractivity contribution in [3.05, 3.63) is 41.2 Å². The normalized spacial score (nSPS) is 18.7. The van der Waals surface area contributed by atoms with E-state index >= 15 is 0 Å². The zero-order valence-electron chi connectivity index (χ0n) is 14.3. The van der Waals surface area contributed by atoms with Gasteiger partial charge < -0.3 is 15.2 Å². The molecule has 0 saturated heterocycles. The molecule has 1 aliphatic carbocycles. The molecular formula is C17H20FN5O2. The molecule has 8 heteroatoms. The van der Waals surface area contributed by atoms with Gasteiger partial charge in [0.1, 0.15) is 11.6 Å². The van der Waals surface area contributed by atoms with Gasteiger partial charge in [0.2, 0.25) is 5.91 Å². The van der Waals surface area contributed by atoms with E-state index in [4.69, 9.17) is 0 Å². The third-order valence-corrected chi connectivity index (χ3v) is 4.52. The van der Waals surface area contributed by atoms with Crippen molar-refractivity contribution in [1.29, 1.82) is 0 Å². The fourth-order valence-corrected chi connectivity index (χ4v) is 2.59. The number of aryl methyl sites for hydroxylation is 1. The van der Waals surface area contributed by atoms with E-state index in [0.717, 1.165) is 18.3 Å². The summed E-state index contributed by atoms with van der Waals surface area (Å²) in [6.45, 7) is 3.95. The highest BCUT2D eigenvalue weighted by Gasteiger charge is 2.39. The quantitative estimate of drug-likeness (QED) is 0.865. The van der Waals surface area contributed by atoms with E-state index in [0.29, 0.717) is 17.4 Å². The lowest BCUT2D eigenvalue weighted by Gasteiger charge is -2.12. The number of hydrogen-bond donors (Lipinski definition) is 2. The molecule has 1 heterocycles. The first-order chi connectivity index (χ1) is 11.9. The van der Waals surface area contributed by atoms with Crippen LogP contribution < -0.4 is 10.6 Å². The van der Waals surface area contributed by atoms with Crippen molar-refractivity contribution in [3.8, 4) is 0 Å². The summed E-state index contributed by atoms with van der Waals surface area (Å²) in [6, 6.07) is 3.74. The van der Waals surface area contributed by atoms with Crippen LogP contribution in [0.15, 0.2) is 18.2 Å². The second-order valence-corrected chi connectivity index (χ2v) is 6.40. The summed E-state index contributed by atoms with van der Waals surface area (Å²) >= 11 is 0. The highest BCUT2D eigenvalue weighted by molar-refractivity contribution is 6.04. The molecule has 2 amide bonds. The summed E-state index contributed by atoms with van der Waals surface area (Å²) < 4.78 is 15.3. The van der Waals surface area contributed by atoms with Gasteiger partial charge in [-0.25, -0.2) is 4.39 Å². The Morgan fingerprint density at radius 3 is 2.68 bits per heavy atom. The Bertz CT molecular complexity index is 832. The van der Waals surface area contributed by atoms with E-state index in [9.17, 15) is 14.0 Å². The Morgan fingerprint density at radius 1 is 1.36 bits per heavy atom. The molecule has 2 N–H and O–H groups in total. The van der Waals surface area contributed by atoms with Crippen molar-refractivity contribution in [3.63, 3.8) is 0 Å². The Labute approximate surface area is 144 Å². The van der Waals surface area contributed by atoms with Crippen molar-refractivity contribution in [2.45, 2.75) is 26.8 Å². The Hall–Kier alpha value is -2.77. The van der Waals surface area contributed by atoms with Crippen LogP contribution in [0.25, 0.3) is 0 Å². The van der Waals surface area contributed by atoms with Crippen molar-refractivity contribution in [2.24, 2.45) is 18.9 Å². The molecular weight excluding hydrogens is 325 g/mol. The predicted molar refractivity (Wildman–Crippen MR) is 89.2 cm³/mol. The monoisotopic (exact) mass is 345 g/mol. The van der Waals surface area contributed by atoms with Gasteiger partial charge in [-0.3, -0.25) is 9.59 Å². The lowest BCUT2D eigenvalue weighted by Crippen LogP contribution is -2.26. The summed E-state index contributed by atoms with van der Waals surface area (Å²) in [4.78, 5) is 24.6. The molecule has 7 nitrogen and oxygen atoms in total. The number of rotatable bonds is 5. The van der Waals surface area contributed by atoms with Crippen LogP contribution in [0.2, 0.25) is 0 Å². The number of amides is 2. The number of carbonyl (C=O) groups is 2. The third-order valence-electron chi connectivity index (χ3n) is 4.52. The second-order valence-electron chi connectivity index (χ2n) is 6.40. The fourth-order valence-electron chi connectivity index (χ4n) is 2.59. The van der Waals surface area contributed by atoms with Gasteiger partial charge in [-0.2, -0.15) is 0 Å². The highest BCUT2D eigenvalue weighted by atomic mass is 19.1. The van der Waals surface area contributed by atoms with Crippen LogP contribution >= 0.6 is 0 Å². The molecule has 1 fully saturated rings. The van der Waals surface area contributed by atoms with Crippen molar-refractivity contribution in [2.75, 3.05) is 5.32 Å². The van der Waals surface area contributed by atoms with Crippen LogP contribution in [-0.4, -0.2) is 26.6 Å². The summed E-state index contributed by atoms with van der Waals surface area (Å²) in [5.41, 5.74) is 0.387. The molecule has 0 spiro atoms. The van der Waals surface area contributed by atoms with Gasteiger partial charge in [0, 0.05) is 13.0 Å². The molecule has 0 aliphatic heterocycles. The van der Waals surface area contributed by atoms with Crippen LogP contribution in [0.5, 0.6) is 0 Å². The summed E-state index contributed by atoms with van der Waals surface area (Å²) in [6.07, 6.45) is 0.833. The second kappa shape index (κ2) is 6.62. The molecule has 2 aromatic rings. The van der Waals surface area contributed by atoms with Crippen LogP contribution in [0, 0.1) is 24.6 Å². The minimum absolute atomic E-state index is 0.0393. The van der Waals surface area contributed by atoms with E-state index in [1.807, 2.05) is 6.92 Å². The molecule has 1 aromatic heterocycles. The molecule has 1 saturated carbocycles. The largest absolute Gasteiger partial charge is 0.345 e. The maximum absolute atomic E-state index is 13.6. The maximum Gasteiger partial charge on any atom is 0.253 e. The van der Waals surface area contributed by atoms with Gasteiger partial charge in [-0.15, -0.1) is 10.2 Å². The molecule has 3 rings (SSSR count). The van der Waals surface area contributed by atoms with Crippen molar-refractivity contribution < 1.29 is 14.0 Å². The SMILES string of the molecule is Cc1nnc(CNC(=O)c2cc(F)ccc2NC(=O)[C@@H]2C[C@H]2C)n1C. The molecule has 1 aromatic carbocycles. The van der Waals surface area contributed by atoms with E-state index in [1.165, 1.54) is 12.1 Å². The number of carbonyl (C=O) groups excluding carboxylic acids is 2. The minimum Gasteiger partial charge on any atom is -0.345 e. The average Bonchev–Trinajstić information content (AvgIpc) is 3.23. The zero-order chi connectivity index (χ0) is 18.1. The number of anilines is 1. The van der Waals surface area contributed by atoms with Gasteiger partial charge in [0.25, 0.3) is 5.91 Å². The van der Waals surface area contributed by atoms with E-state index in [-0.39, 0.29) is 23.9 Å². The average molecular weight is 345 g/mol. The van der Waals surface area contributed by atoms with Gasteiger partial charge in [0.05, 0.1) is 17.8 Å². The van der Waals surface area contributed by atoms with Crippen molar-refractivity contribution >= 4 is 17.5 Å². The van der Waals surface area contributed by atoms with E-state index in [1.54, 1.807) is 18.5 Å². The predicted octanol–water partition coefficient (Wildman–Crippen LogP) is 1.79. The summed E-state index contributed by atoms with van der Waals surface area (Å²) in [5, 5.41) is 13.3. The van der Waals surface area contributed by atoms with E-state index in [2.05, 4.69) is 20.8 Å². The third kappa shape index (κ3) is 3.67. The lowest BCUT2D eigenvalue weighted by molar-refractivity contribution is -0.117. The van der Waals surface area contributed by atoms with Crippen LogP contribution in [0.1, 0.15) is 35.4 Å². The van der Waals surface area contributed by atoms with Gasteiger partial charge in [0.15, 0.2) is 5.82 Å². The van der Waals surface area contributed by atoms with Gasteiger partial charge in [-0.1, -0.05) is 6.92 Å². The van der Waals surface area contributed by atoms with Crippen LogP contribution in [0.3, 0.4) is 0 Å². The Kier molecular flexibility index (Phi) is 4.52. The molecule has 0 bridgehead atoms. The first-order valence-electron chi connectivity index (χ1n) is 8.10. The summed E-state index contributed by atoms with van der Waals surface area (Å²) in [5.74, 6) is 0.439. The molecule has 25 heavy (non-hydrogen) atoms. The molecule has 0 unspecified atom stereocenters. The molecule has 2 atom stereocenters. The first kappa shape index (κ1) is 17.1. The number of nitrogens with zero attached hydrogens (tertiary/aromatic N) is 3. The number of halogens is 1. The number of hydrogen-bond acceptors (Lipinski definition) is 4. The maximum atomic E-state index is 13.6. The topological polar surface area (TPSA) is 88.9 Å².